The van der Waals surface area contributed by atoms with E-state index in [0.29, 0.717) is 22.4 Å². The van der Waals surface area contributed by atoms with Crippen LogP contribution in [0.25, 0.3) is 11.0 Å². The van der Waals surface area contributed by atoms with E-state index in [2.05, 4.69) is 14.7 Å². The second kappa shape index (κ2) is 5.27. The molecule has 0 spiro atoms. The lowest BCUT2D eigenvalue weighted by atomic mass is 10.2. The Morgan fingerprint density at radius 1 is 1.09 bits per heavy atom. The highest BCUT2D eigenvalue weighted by atomic mass is 32.2. The fourth-order valence-corrected chi connectivity index (χ4v) is 3.12. The smallest absolute Gasteiger partial charge is 0.269 e. The van der Waals surface area contributed by atoms with Gasteiger partial charge in [-0.25, -0.2) is 13.4 Å². The van der Waals surface area contributed by atoms with Crippen molar-refractivity contribution in [2.75, 3.05) is 4.72 Å². The van der Waals surface area contributed by atoms with Crippen molar-refractivity contribution in [3.8, 4) is 0 Å². The van der Waals surface area contributed by atoms with Crippen molar-refractivity contribution >= 4 is 26.7 Å². The fraction of sp³-hybridized carbons (Fsp3) is 0.0667. The summed E-state index contributed by atoms with van der Waals surface area (Å²) < 4.78 is 27.0. The van der Waals surface area contributed by atoms with Crippen molar-refractivity contribution in [2.24, 2.45) is 0 Å². The van der Waals surface area contributed by atoms with Gasteiger partial charge in [-0.2, -0.15) is 0 Å². The molecule has 0 amide bonds. The van der Waals surface area contributed by atoms with E-state index in [1.165, 1.54) is 12.1 Å². The van der Waals surface area contributed by atoms with Crippen LogP contribution in [0.15, 0.2) is 58.2 Å². The predicted molar refractivity (Wildman–Crippen MR) is 84.4 cm³/mol. The van der Waals surface area contributed by atoms with E-state index in [9.17, 15) is 13.2 Å². The van der Waals surface area contributed by atoms with Crippen LogP contribution in [0.1, 0.15) is 5.69 Å². The summed E-state index contributed by atoms with van der Waals surface area (Å²) in [6, 6.07) is 12.9. The molecule has 0 bridgehead atoms. The molecule has 0 atom stereocenters. The zero-order valence-corrected chi connectivity index (χ0v) is 12.5. The van der Waals surface area contributed by atoms with Crippen LogP contribution in [-0.4, -0.2) is 18.4 Å². The number of rotatable bonds is 3. The van der Waals surface area contributed by atoms with Crippen LogP contribution >= 0.6 is 0 Å². The number of benzene rings is 2. The largest absolute Gasteiger partial charge is 0.319 e. The standard InChI is InChI=1S/C15H13N3O3S/c1-10-15(19)17-13-8-7-11(9-14(13)16-10)18-22(20,21)12-5-3-2-4-6-12/h2-9,18H,1H3,(H,17,19). The lowest BCUT2D eigenvalue weighted by Gasteiger charge is -2.08. The Bertz CT molecular complexity index is 995. The molecule has 0 fully saturated rings. The van der Waals surface area contributed by atoms with Gasteiger partial charge in [0.05, 0.1) is 21.6 Å². The summed E-state index contributed by atoms with van der Waals surface area (Å²) in [5.41, 5.74) is 1.53. The molecule has 2 aromatic carbocycles. The van der Waals surface area contributed by atoms with Gasteiger partial charge in [0.25, 0.3) is 15.6 Å². The lowest BCUT2D eigenvalue weighted by molar-refractivity contribution is 0.601. The number of aryl methyl sites for hydroxylation is 1. The van der Waals surface area contributed by atoms with Crippen LogP contribution in [0.5, 0.6) is 0 Å². The van der Waals surface area contributed by atoms with Crippen LogP contribution < -0.4 is 10.3 Å². The quantitative estimate of drug-likeness (QED) is 0.773. The number of aromatic amines is 1. The topological polar surface area (TPSA) is 91.9 Å². The highest BCUT2D eigenvalue weighted by Gasteiger charge is 2.13. The molecule has 7 heteroatoms. The minimum absolute atomic E-state index is 0.181. The van der Waals surface area contributed by atoms with Gasteiger partial charge in [-0.05, 0) is 37.3 Å². The SMILES string of the molecule is Cc1nc2cc(NS(=O)(=O)c3ccccc3)ccc2[nH]c1=O. The van der Waals surface area contributed by atoms with E-state index >= 15 is 0 Å². The maximum Gasteiger partial charge on any atom is 0.269 e. The average molecular weight is 315 g/mol. The van der Waals surface area contributed by atoms with Crippen molar-refractivity contribution < 1.29 is 8.42 Å². The van der Waals surface area contributed by atoms with Gasteiger partial charge in [-0.1, -0.05) is 18.2 Å². The maximum absolute atomic E-state index is 12.3. The number of H-pyrrole nitrogens is 1. The Labute approximate surface area is 126 Å². The Hall–Kier alpha value is -2.67. The molecule has 0 saturated heterocycles. The van der Waals surface area contributed by atoms with Crippen LogP contribution in [0.2, 0.25) is 0 Å². The fourth-order valence-electron chi connectivity index (χ4n) is 2.05. The van der Waals surface area contributed by atoms with E-state index in [1.54, 1.807) is 43.3 Å². The first kappa shape index (κ1) is 14.3. The number of hydrogen-bond acceptors (Lipinski definition) is 4. The molecule has 0 unspecified atom stereocenters. The molecule has 6 nitrogen and oxygen atoms in total. The van der Waals surface area contributed by atoms with Crippen molar-refractivity contribution in [2.45, 2.75) is 11.8 Å². The van der Waals surface area contributed by atoms with Gasteiger partial charge in [0, 0.05) is 0 Å². The van der Waals surface area contributed by atoms with E-state index < -0.39 is 10.0 Å². The van der Waals surface area contributed by atoms with Crippen LogP contribution in [0.3, 0.4) is 0 Å². The summed E-state index contributed by atoms with van der Waals surface area (Å²) >= 11 is 0. The van der Waals surface area contributed by atoms with E-state index in [0.717, 1.165) is 0 Å². The van der Waals surface area contributed by atoms with E-state index in [1.807, 2.05) is 0 Å². The molecular formula is C15H13N3O3S. The summed E-state index contributed by atoms with van der Waals surface area (Å²) in [6.45, 7) is 1.60. The van der Waals surface area contributed by atoms with Gasteiger partial charge < -0.3 is 4.98 Å². The molecule has 1 heterocycles. The summed E-state index contributed by atoms with van der Waals surface area (Å²) in [4.78, 5) is 18.5. The number of nitrogens with one attached hydrogen (secondary N) is 2. The summed E-state index contributed by atoms with van der Waals surface area (Å²) in [5.74, 6) is 0. The minimum atomic E-state index is -3.65. The van der Waals surface area contributed by atoms with Gasteiger partial charge in [-0.3, -0.25) is 9.52 Å². The minimum Gasteiger partial charge on any atom is -0.319 e. The molecule has 0 aliphatic carbocycles. The highest BCUT2D eigenvalue weighted by molar-refractivity contribution is 7.92. The molecule has 2 N–H and O–H groups in total. The summed E-state index contributed by atoms with van der Waals surface area (Å²) in [6.07, 6.45) is 0. The van der Waals surface area contributed by atoms with Gasteiger partial charge in [0.2, 0.25) is 0 Å². The first-order chi connectivity index (χ1) is 10.5. The number of anilines is 1. The van der Waals surface area contributed by atoms with Crippen molar-refractivity contribution in [3.63, 3.8) is 0 Å². The summed E-state index contributed by atoms with van der Waals surface area (Å²) in [5, 5.41) is 0. The molecule has 0 aliphatic heterocycles. The van der Waals surface area contributed by atoms with Crippen molar-refractivity contribution in [3.05, 3.63) is 64.6 Å². The second-order valence-corrected chi connectivity index (χ2v) is 6.48. The third-order valence-electron chi connectivity index (χ3n) is 3.17. The van der Waals surface area contributed by atoms with Crippen LogP contribution in [0, 0.1) is 6.92 Å². The number of hydrogen-bond donors (Lipinski definition) is 2. The number of nitrogens with zero attached hydrogens (tertiary/aromatic N) is 1. The molecule has 1 aromatic heterocycles. The van der Waals surface area contributed by atoms with Gasteiger partial charge in [0.15, 0.2) is 0 Å². The maximum atomic E-state index is 12.3. The van der Waals surface area contributed by atoms with Crippen molar-refractivity contribution in [1.29, 1.82) is 0 Å². The third kappa shape index (κ3) is 2.71. The normalized spacial score (nSPS) is 11.5. The Morgan fingerprint density at radius 2 is 1.82 bits per heavy atom. The van der Waals surface area contributed by atoms with Gasteiger partial charge >= 0.3 is 0 Å². The average Bonchev–Trinajstić information content (AvgIpc) is 2.49. The Morgan fingerprint density at radius 3 is 2.55 bits per heavy atom. The zero-order chi connectivity index (χ0) is 15.7. The van der Waals surface area contributed by atoms with Gasteiger partial charge in [-0.15, -0.1) is 0 Å². The predicted octanol–water partition coefficient (Wildman–Crippen LogP) is 2.03. The highest BCUT2D eigenvalue weighted by Crippen LogP contribution is 2.19. The first-order valence-electron chi connectivity index (χ1n) is 6.54. The molecule has 3 aromatic rings. The van der Waals surface area contributed by atoms with E-state index in [-0.39, 0.29) is 10.5 Å². The van der Waals surface area contributed by atoms with Gasteiger partial charge in [0.1, 0.15) is 5.69 Å². The number of sulfonamides is 1. The third-order valence-corrected chi connectivity index (χ3v) is 4.57. The first-order valence-corrected chi connectivity index (χ1v) is 8.02. The molecular weight excluding hydrogens is 302 g/mol. The molecule has 0 radical (unpaired) electrons. The number of fused-ring (bicyclic) bond motifs is 1. The van der Waals surface area contributed by atoms with E-state index in [4.69, 9.17) is 0 Å². The molecule has 3 rings (SSSR count). The second-order valence-electron chi connectivity index (χ2n) is 4.80. The van der Waals surface area contributed by atoms with Crippen LogP contribution in [0.4, 0.5) is 5.69 Å². The lowest BCUT2D eigenvalue weighted by Crippen LogP contribution is -2.14. The molecule has 22 heavy (non-hydrogen) atoms. The number of aromatic nitrogens is 2. The molecule has 0 aliphatic rings. The van der Waals surface area contributed by atoms with Crippen molar-refractivity contribution in [1.82, 2.24) is 9.97 Å². The van der Waals surface area contributed by atoms with Crippen LogP contribution in [-0.2, 0) is 10.0 Å². The molecule has 112 valence electrons. The Balaban J connectivity index is 2.01. The molecule has 0 saturated carbocycles. The zero-order valence-electron chi connectivity index (χ0n) is 11.7. The summed E-state index contributed by atoms with van der Waals surface area (Å²) in [7, 11) is -3.65. The Kier molecular flexibility index (Phi) is 3.42. The monoisotopic (exact) mass is 315 g/mol.